The summed E-state index contributed by atoms with van der Waals surface area (Å²) in [6, 6.07) is 0. The third kappa shape index (κ3) is 23.7. The van der Waals surface area contributed by atoms with Gasteiger partial charge in [-0.1, -0.05) is 19.8 Å². The summed E-state index contributed by atoms with van der Waals surface area (Å²) in [5, 5.41) is 0. The molecule has 0 aromatic carbocycles. The summed E-state index contributed by atoms with van der Waals surface area (Å²) in [5.41, 5.74) is 5.19. The predicted octanol–water partition coefficient (Wildman–Crippen LogP) is 0.793. The fourth-order valence-electron chi connectivity index (χ4n) is 0.794. The van der Waals surface area contributed by atoms with Crippen molar-refractivity contribution in [1.82, 2.24) is 4.90 Å². The Morgan fingerprint density at radius 2 is 1.88 bits per heavy atom. The van der Waals surface area contributed by atoms with Crippen molar-refractivity contribution in [2.24, 2.45) is 5.73 Å². The first-order valence-electron chi connectivity index (χ1n) is 5.38. The molecule has 0 radical (unpaired) electrons. The Labute approximate surface area is 98.0 Å². The lowest BCUT2D eigenvalue weighted by Gasteiger charge is -2.03. The van der Waals surface area contributed by atoms with E-state index < -0.39 is 7.82 Å². The lowest BCUT2D eigenvalue weighted by Crippen LogP contribution is -2.20. The second-order valence-electron chi connectivity index (χ2n) is 3.62. The minimum Gasteiger partial charge on any atom is -0.329 e. The van der Waals surface area contributed by atoms with E-state index >= 15 is 0 Å². The molecule has 0 spiro atoms. The Balaban J connectivity index is 0. The summed E-state index contributed by atoms with van der Waals surface area (Å²) in [7, 11) is -0.192. The molecule has 0 bridgehead atoms. The summed E-state index contributed by atoms with van der Waals surface area (Å²) in [6.07, 6.45) is 2.67. The summed E-state index contributed by atoms with van der Waals surface area (Å²) in [5.74, 6) is 0. The molecule has 0 aliphatic heterocycles. The maximum absolute atomic E-state index is 10.1. The van der Waals surface area contributed by atoms with Gasteiger partial charge in [-0.25, -0.2) is 4.57 Å². The van der Waals surface area contributed by atoms with Crippen LogP contribution in [0.1, 0.15) is 26.2 Å². The third-order valence-electron chi connectivity index (χ3n) is 1.58. The lowest BCUT2D eigenvalue weighted by atomic mass is 10.3. The summed E-state index contributed by atoms with van der Waals surface area (Å²) in [4.78, 5) is 18.5. The highest BCUT2D eigenvalue weighted by Gasteiger charge is 2.11. The Bertz CT molecular complexity index is 184. The second kappa shape index (κ2) is 11.5. The number of nitrogens with zero attached hydrogens (tertiary/aromatic N) is 1. The van der Waals surface area contributed by atoms with E-state index in [1.54, 1.807) is 0 Å². The molecule has 0 heterocycles. The molecule has 0 aliphatic rings. The van der Waals surface area contributed by atoms with Gasteiger partial charge in [0.25, 0.3) is 0 Å². The fourth-order valence-corrected chi connectivity index (χ4v) is 1.16. The molecule has 0 aromatic heterocycles. The molecule has 0 unspecified atom stereocenters. The Hall–Kier alpha value is 0.0300. The van der Waals surface area contributed by atoms with E-state index in [1.165, 1.54) is 0 Å². The van der Waals surface area contributed by atoms with Gasteiger partial charge in [0, 0.05) is 13.1 Å². The number of nitrogens with two attached hydrogens (primary N) is 1. The first kappa shape index (κ1) is 18.4. The molecule has 0 aromatic rings. The van der Waals surface area contributed by atoms with Gasteiger partial charge in [-0.3, -0.25) is 4.52 Å². The second-order valence-corrected chi connectivity index (χ2v) is 4.86. The van der Waals surface area contributed by atoms with Gasteiger partial charge in [0.05, 0.1) is 6.61 Å². The molecule has 0 amide bonds. The molecule has 16 heavy (non-hydrogen) atoms. The number of likely N-dealkylation sites (N-methyl/N-ethyl adjacent to an activating group) is 1. The number of rotatable bonds is 7. The smallest absolute Gasteiger partial charge is 0.329 e. The Kier molecular flexibility index (Phi) is 13.2. The first-order chi connectivity index (χ1) is 7.33. The van der Waals surface area contributed by atoms with Crippen molar-refractivity contribution in [2.45, 2.75) is 26.2 Å². The molecule has 0 rings (SSSR count). The summed E-state index contributed by atoms with van der Waals surface area (Å²) < 4.78 is 14.3. The van der Waals surface area contributed by atoms with Gasteiger partial charge in [-0.15, -0.1) is 0 Å². The van der Waals surface area contributed by atoms with Gasteiger partial charge in [0.1, 0.15) is 0 Å². The molecule has 0 atom stereocenters. The van der Waals surface area contributed by atoms with Crippen molar-refractivity contribution in [1.29, 1.82) is 0 Å². The highest BCUT2D eigenvalue weighted by Crippen LogP contribution is 2.35. The van der Waals surface area contributed by atoms with Crippen LogP contribution in [0.3, 0.4) is 0 Å². The number of hydrogen-bond acceptors (Lipinski definition) is 4. The fraction of sp³-hybridized carbons (Fsp3) is 1.00. The van der Waals surface area contributed by atoms with Gasteiger partial charge in [-0.2, -0.15) is 0 Å². The molecule has 0 saturated heterocycles. The highest BCUT2D eigenvalue weighted by molar-refractivity contribution is 7.46. The van der Waals surface area contributed by atoms with Gasteiger partial charge in [0.15, 0.2) is 0 Å². The van der Waals surface area contributed by atoms with E-state index in [-0.39, 0.29) is 6.61 Å². The van der Waals surface area contributed by atoms with Crippen LogP contribution in [0, 0.1) is 0 Å². The van der Waals surface area contributed by atoms with Crippen LogP contribution in [-0.4, -0.2) is 48.5 Å². The zero-order valence-electron chi connectivity index (χ0n) is 10.4. The van der Waals surface area contributed by atoms with Crippen molar-refractivity contribution < 1.29 is 18.9 Å². The van der Waals surface area contributed by atoms with E-state index in [4.69, 9.17) is 15.5 Å². The summed E-state index contributed by atoms with van der Waals surface area (Å²) in [6.45, 7) is 3.91. The van der Waals surface area contributed by atoms with Crippen LogP contribution in [0.4, 0.5) is 0 Å². The first-order valence-corrected chi connectivity index (χ1v) is 6.91. The van der Waals surface area contributed by atoms with Gasteiger partial charge in [-0.05, 0) is 20.5 Å². The maximum atomic E-state index is 10.1. The van der Waals surface area contributed by atoms with Crippen molar-refractivity contribution in [3.8, 4) is 0 Å². The average molecular weight is 256 g/mol. The number of unbranched alkanes of at least 4 members (excludes halogenated alkanes) is 2. The third-order valence-corrected chi connectivity index (χ3v) is 2.10. The molecular weight excluding hydrogens is 231 g/mol. The van der Waals surface area contributed by atoms with Gasteiger partial charge < -0.3 is 20.4 Å². The monoisotopic (exact) mass is 256 g/mol. The minimum atomic E-state index is -4.21. The van der Waals surface area contributed by atoms with Crippen molar-refractivity contribution in [3.05, 3.63) is 0 Å². The normalized spacial score (nSPS) is 11.2. The van der Waals surface area contributed by atoms with E-state index in [1.807, 2.05) is 21.0 Å². The van der Waals surface area contributed by atoms with Crippen molar-refractivity contribution >= 4 is 7.82 Å². The van der Waals surface area contributed by atoms with E-state index in [0.29, 0.717) is 6.42 Å². The molecule has 0 aliphatic carbocycles. The van der Waals surface area contributed by atoms with Crippen LogP contribution >= 0.6 is 7.82 Å². The van der Waals surface area contributed by atoms with Crippen LogP contribution in [-0.2, 0) is 9.09 Å². The van der Waals surface area contributed by atoms with E-state index in [0.717, 1.165) is 25.9 Å². The van der Waals surface area contributed by atoms with Crippen LogP contribution in [0.15, 0.2) is 0 Å². The van der Waals surface area contributed by atoms with E-state index in [2.05, 4.69) is 9.42 Å². The molecular formula is C9H25N2O4P. The largest absolute Gasteiger partial charge is 0.469 e. The zero-order valence-corrected chi connectivity index (χ0v) is 11.3. The molecule has 7 heteroatoms. The van der Waals surface area contributed by atoms with Gasteiger partial charge in [0.2, 0.25) is 0 Å². The predicted molar refractivity (Wildman–Crippen MR) is 65.1 cm³/mol. The topological polar surface area (TPSA) is 96.0 Å². The number of hydrogen-bond donors (Lipinski definition) is 3. The van der Waals surface area contributed by atoms with Crippen molar-refractivity contribution in [2.75, 3.05) is 33.8 Å². The average Bonchev–Trinajstić information content (AvgIpc) is 2.12. The van der Waals surface area contributed by atoms with Crippen LogP contribution in [0.25, 0.3) is 0 Å². The van der Waals surface area contributed by atoms with Crippen LogP contribution < -0.4 is 5.73 Å². The molecule has 6 nitrogen and oxygen atoms in total. The lowest BCUT2D eigenvalue weighted by molar-refractivity contribution is 0.193. The van der Waals surface area contributed by atoms with E-state index in [9.17, 15) is 4.57 Å². The zero-order chi connectivity index (χ0) is 13.0. The molecule has 4 N–H and O–H groups in total. The number of phosphoric ester groups is 1. The quantitative estimate of drug-likeness (QED) is 0.460. The number of phosphoric acid groups is 1. The maximum Gasteiger partial charge on any atom is 0.469 e. The van der Waals surface area contributed by atoms with Crippen molar-refractivity contribution in [3.63, 3.8) is 0 Å². The summed E-state index contributed by atoms with van der Waals surface area (Å²) >= 11 is 0. The highest BCUT2D eigenvalue weighted by atomic mass is 31.2. The Morgan fingerprint density at radius 3 is 2.12 bits per heavy atom. The van der Waals surface area contributed by atoms with Crippen LogP contribution in [0.5, 0.6) is 0 Å². The Morgan fingerprint density at radius 1 is 1.31 bits per heavy atom. The standard InChI is InChI=1S/C5H13O4P.C4H12N2/c1-2-3-4-5-9-10(6,7)8;1-6(2)4-3-5/h2-5H2,1H3,(H2,6,7,8);3-5H2,1-2H3. The SMILES string of the molecule is CCCCCOP(=O)(O)O.CN(C)CCN. The molecule has 0 fully saturated rings. The molecule has 100 valence electrons. The van der Waals surface area contributed by atoms with Gasteiger partial charge >= 0.3 is 7.82 Å². The molecule has 0 saturated carbocycles. The van der Waals surface area contributed by atoms with Crippen LogP contribution in [0.2, 0.25) is 0 Å². The minimum absolute atomic E-state index is 0.151.